The molecule has 1 saturated carbocycles. The van der Waals surface area contributed by atoms with E-state index in [0.29, 0.717) is 6.04 Å². The third-order valence-corrected chi connectivity index (χ3v) is 3.30. The van der Waals surface area contributed by atoms with Gasteiger partial charge >= 0.3 is 0 Å². The van der Waals surface area contributed by atoms with Crippen LogP contribution in [-0.4, -0.2) is 23.3 Å². The van der Waals surface area contributed by atoms with Crippen LogP contribution in [0.25, 0.3) is 0 Å². The number of allylic oxidation sites excluding steroid dienone is 1. The lowest BCUT2D eigenvalue weighted by Gasteiger charge is -2.29. The zero-order valence-corrected chi connectivity index (χ0v) is 9.05. The highest BCUT2D eigenvalue weighted by molar-refractivity contribution is 5.18. The van der Waals surface area contributed by atoms with E-state index in [4.69, 9.17) is 0 Å². The summed E-state index contributed by atoms with van der Waals surface area (Å²) >= 11 is 0. The Morgan fingerprint density at radius 3 is 2.86 bits per heavy atom. The number of rotatable bonds is 4. The summed E-state index contributed by atoms with van der Waals surface area (Å²) in [6, 6.07) is 0.686. The molecular formula is C12H21NO. The van der Waals surface area contributed by atoms with Crippen molar-refractivity contribution in [2.75, 3.05) is 6.54 Å². The molecule has 2 N–H and O–H groups in total. The van der Waals surface area contributed by atoms with E-state index in [1.165, 1.54) is 31.3 Å². The normalized spacial score (nSPS) is 26.9. The van der Waals surface area contributed by atoms with E-state index < -0.39 is 5.60 Å². The minimum Gasteiger partial charge on any atom is -0.384 e. The van der Waals surface area contributed by atoms with Crippen molar-refractivity contribution in [3.63, 3.8) is 0 Å². The van der Waals surface area contributed by atoms with E-state index in [1.807, 2.05) is 6.92 Å². The number of hydrogen-bond acceptors (Lipinski definition) is 2. The predicted octanol–water partition coefficient (Wildman–Crippen LogP) is 1.99. The lowest BCUT2D eigenvalue weighted by molar-refractivity contribution is 0.0914. The van der Waals surface area contributed by atoms with Crippen LogP contribution in [0.1, 0.15) is 45.4 Å². The molecular weight excluding hydrogens is 174 g/mol. The molecule has 2 heteroatoms. The average molecular weight is 195 g/mol. The molecule has 14 heavy (non-hydrogen) atoms. The van der Waals surface area contributed by atoms with Crippen molar-refractivity contribution in [1.82, 2.24) is 5.32 Å². The van der Waals surface area contributed by atoms with Gasteiger partial charge in [0.05, 0.1) is 5.60 Å². The van der Waals surface area contributed by atoms with Crippen LogP contribution >= 0.6 is 0 Å². The van der Waals surface area contributed by atoms with Gasteiger partial charge in [-0.2, -0.15) is 0 Å². The van der Waals surface area contributed by atoms with E-state index >= 15 is 0 Å². The highest BCUT2D eigenvalue weighted by Gasteiger charge is 2.29. The minimum absolute atomic E-state index is 0.608. The Morgan fingerprint density at radius 1 is 1.50 bits per heavy atom. The average Bonchev–Trinajstić information content (AvgIpc) is 3.00. The fraction of sp³-hybridized carbons (Fsp3) is 0.833. The van der Waals surface area contributed by atoms with Gasteiger partial charge in [0.15, 0.2) is 0 Å². The Balaban J connectivity index is 1.87. The topological polar surface area (TPSA) is 32.3 Å². The van der Waals surface area contributed by atoms with E-state index in [0.717, 1.165) is 19.4 Å². The summed E-state index contributed by atoms with van der Waals surface area (Å²) in [4.78, 5) is 0. The largest absolute Gasteiger partial charge is 0.384 e. The number of nitrogens with one attached hydrogen (secondary N) is 1. The smallest absolute Gasteiger partial charge is 0.0952 e. The van der Waals surface area contributed by atoms with Crippen LogP contribution in [0, 0.1) is 0 Å². The third-order valence-electron chi connectivity index (χ3n) is 3.30. The Hall–Kier alpha value is -0.340. The van der Waals surface area contributed by atoms with Crippen LogP contribution < -0.4 is 5.32 Å². The quantitative estimate of drug-likeness (QED) is 0.672. The molecule has 0 bridgehead atoms. The molecule has 0 heterocycles. The maximum atomic E-state index is 10.3. The molecule has 0 saturated heterocycles. The first-order valence-corrected chi connectivity index (χ1v) is 5.84. The molecule has 0 spiro atoms. The van der Waals surface area contributed by atoms with Gasteiger partial charge in [-0.05, 0) is 51.0 Å². The molecule has 2 aliphatic rings. The highest BCUT2D eigenvalue weighted by Crippen LogP contribution is 2.28. The Bertz CT molecular complexity index is 228. The first-order valence-electron chi connectivity index (χ1n) is 5.84. The lowest BCUT2D eigenvalue weighted by Crippen LogP contribution is -2.40. The van der Waals surface area contributed by atoms with Gasteiger partial charge in [-0.25, -0.2) is 0 Å². The van der Waals surface area contributed by atoms with E-state index in [-0.39, 0.29) is 0 Å². The van der Waals surface area contributed by atoms with Crippen molar-refractivity contribution in [3.05, 3.63) is 11.6 Å². The first-order chi connectivity index (χ1) is 6.68. The molecule has 1 fully saturated rings. The molecule has 2 rings (SSSR count). The van der Waals surface area contributed by atoms with Crippen molar-refractivity contribution in [2.45, 2.75) is 57.1 Å². The summed E-state index contributed by atoms with van der Waals surface area (Å²) in [6.45, 7) is 2.67. The van der Waals surface area contributed by atoms with Crippen LogP contribution in [0.15, 0.2) is 11.6 Å². The zero-order valence-electron chi connectivity index (χ0n) is 9.05. The number of aliphatic hydroxyl groups is 1. The molecule has 0 aliphatic heterocycles. The van der Waals surface area contributed by atoms with E-state index in [2.05, 4.69) is 11.4 Å². The second kappa shape index (κ2) is 4.03. The molecule has 0 aromatic carbocycles. The minimum atomic E-state index is -0.608. The molecule has 1 atom stereocenters. The third kappa shape index (κ3) is 2.58. The second-order valence-electron chi connectivity index (χ2n) is 4.90. The Kier molecular flexibility index (Phi) is 2.93. The molecule has 2 nitrogen and oxygen atoms in total. The summed E-state index contributed by atoms with van der Waals surface area (Å²) < 4.78 is 0. The predicted molar refractivity (Wildman–Crippen MR) is 58.2 cm³/mol. The van der Waals surface area contributed by atoms with E-state index in [1.54, 1.807) is 0 Å². The van der Waals surface area contributed by atoms with Gasteiger partial charge < -0.3 is 10.4 Å². The summed E-state index contributed by atoms with van der Waals surface area (Å²) in [5.41, 5.74) is 0.639. The van der Waals surface area contributed by atoms with Crippen LogP contribution in [0.3, 0.4) is 0 Å². The van der Waals surface area contributed by atoms with Crippen molar-refractivity contribution in [3.8, 4) is 0 Å². The second-order valence-corrected chi connectivity index (χ2v) is 4.90. The summed E-state index contributed by atoms with van der Waals surface area (Å²) in [6.07, 6.45) is 9.57. The van der Waals surface area contributed by atoms with Crippen LogP contribution in [0.4, 0.5) is 0 Å². The fourth-order valence-corrected chi connectivity index (χ4v) is 2.07. The Labute approximate surface area is 86.4 Å². The van der Waals surface area contributed by atoms with Crippen LogP contribution in [0.5, 0.6) is 0 Å². The number of hydrogen-bond donors (Lipinski definition) is 2. The zero-order chi connectivity index (χ0) is 10.0. The SMILES string of the molecule is CC(O)(CNC1CC1)C1=CCCCC1. The van der Waals surface area contributed by atoms with Crippen molar-refractivity contribution >= 4 is 0 Å². The first kappa shape index (κ1) is 10.2. The Morgan fingerprint density at radius 2 is 2.29 bits per heavy atom. The molecule has 0 aromatic heterocycles. The highest BCUT2D eigenvalue weighted by atomic mass is 16.3. The van der Waals surface area contributed by atoms with Crippen LogP contribution in [-0.2, 0) is 0 Å². The maximum absolute atomic E-state index is 10.3. The van der Waals surface area contributed by atoms with Gasteiger partial charge in [-0.3, -0.25) is 0 Å². The summed E-state index contributed by atoms with van der Waals surface area (Å²) in [7, 11) is 0. The molecule has 80 valence electrons. The van der Waals surface area contributed by atoms with Gasteiger partial charge in [0.1, 0.15) is 0 Å². The van der Waals surface area contributed by atoms with Gasteiger partial charge in [0, 0.05) is 12.6 Å². The molecule has 2 aliphatic carbocycles. The molecule has 0 amide bonds. The monoisotopic (exact) mass is 195 g/mol. The van der Waals surface area contributed by atoms with Crippen molar-refractivity contribution < 1.29 is 5.11 Å². The molecule has 0 radical (unpaired) electrons. The van der Waals surface area contributed by atoms with Gasteiger partial charge in [-0.1, -0.05) is 6.08 Å². The summed E-state index contributed by atoms with van der Waals surface area (Å²) in [5.74, 6) is 0. The van der Waals surface area contributed by atoms with Crippen LogP contribution in [0.2, 0.25) is 0 Å². The standard InChI is InChI=1S/C12H21NO/c1-12(14,9-13-11-7-8-11)10-5-3-2-4-6-10/h5,11,13-14H,2-4,6-9H2,1H3. The lowest BCUT2D eigenvalue weighted by atomic mass is 9.87. The molecule has 1 unspecified atom stereocenters. The van der Waals surface area contributed by atoms with E-state index in [9.17, 15) is 5.11 Å². The van der Waals surface area contributed by atoms with Gasteiger partial charge in [0.2, 0.25) is 0 Å². The van der Waals surface area contributed by atoms with Gasteiger partial charge in [-0.15, -0.1) is 0 Å². The molecule has 0 aromatic rings. The van der Waals surface area contributed by atoms with Crippen molar-refractivity contribution in [2.24, 2.45) is 0 Å². The fourth-order valence-electron chi connectivity index (χ4n) is 2.07. The summed E-state index contributed by atoms with van der Waals surface area (Å²) in [5, 5.41) is 13.7. The van der Waals surface area contributed by atoms with Gasteiger partial charge in [0.25, 0.3) is 0 Å². The van der Waals surface area contributed by atoms with Crippen molar-refractivity contribution in [1.29, 1.82) is 0 Å². The maximum Gasteiger partial charge on any atom is 0.0952 e.